The zero-order valence-electron chi connectivity index (χ0n) is 14.8. The summed E-state index contributed by atoms with van der Waals surface area (Å²) in [6.45, 7) is 2.62. The van der Waals surface area contributed by atoms with Crippen molar-refractivity contribution in [2.24, 2.45) is 5.73 Å². The number of primary amides is 1. The molecule has 27 heavy (non-hydrogen) atoms. The fourth-order valence-electron chi connectivity index (χ4n) is 3.25. The minimum atomic E-state index is -0.730. The lowest BCUT2D eigenvalue weighted by Crippen LogP contribution is -2.37. The molecular formula is C19H19N3O4S. The van der Waals surface area contributed by atoms with Crippen molar-refractivity contribution in [1.82, 2.24) is 0 Å². The van der Waals surface area contributed by atoms with Crippen LogP contribution in [0.3, 0.4) is 0 Å². The average molecular weight is 385 g/mol. The quantitative estimate of drug-likeness (QED) is 0.484. The number of anilines is 1. The second-order valence-corrected chi connectivity index (χ2v) is 7.34. The number of hydrogen-bond acceptors (Lipinski definition) is 5. The SMILES string of the molecule is Cc1cccc2c1N(C(=O)CSc1ccc(C(N)=O)cc1[N+](=O)[O-])CCC2. The first kappa shape index (κ1) is 18.9. The number of thioether (sulfide) groups is 1. The molecule has 1 heterocycles. The molecule has 0 saturated heterocycles. The van der Waals surface area contributed by atoms with Crippen LogP contribution < -0.4 is 10.6 Å². The zero-order chi connectivity index (χ0) is 19.6. The van der Waals surface area contributed by atoms with Crippen LogP contribution in [0.4, 0.5) is 11.4 Å². The number of carbonyl (C=O) groups is 2. The van der Waals surface area contributed by atoms with Gasteiger partial charge in [0.25, 0.3) is 5.69 Å². The Labute approximate surface area is 160 Å². The maximum atomic E-state index is 12.8. The molecule has 2 N–H and O–H groups in total. The Morgan fingerprint density at radius 2 is 2.07 bits per heavy atom. The van der Waals surface area contributed by atoms with Gasteiger partial charge < -0.3 is 10.6 Å². The molecule has 2 amide bonds. The van der Waals surface area contributed by atoms with Crippen molar-refractivity contribution in [2.75, 3.05) is 17.2 Å². The number of nitro groups is 1. The Morgan fingerprint density at radius 1 is 1.30 bits per heavy atom. The van der Waals surface area contributed by atoms with E-state index in [1.165, 1.54) is 12.1 Å². The number of nitrogens with two attached hydrogens (primary N) is 1. The summed E-state index contributed by atoms with van der Waals surface area (Å²) in [4.78, 5) is 36.9. The number of nitro benzene ring substituents is 1. The molecule has 0 unspecified atom stereocenters. The molecule has 0 radical (unpaired) electrons. The van der Waals surface area contributed by atoms with E-state index in [0.29, 0.717) is 11.4 Å². The Bertz CT molecular complexity index is 929. The molecule has 0 saturated carbocycles. The van der Waals surface area contributed by atoms with Crippen LogP contribution in [0, 0.1) is 17.0 Å². The monoisotopic (exact) mass is 385 g/mol. The molecule has 2 aromatic carbocycles. The highest BCUT2D eigenvalue weighted by molar-refractivity contribution is 8.00. The van der Waals surface area contributed by atoms with Gasteiger partial charge >= 0.3 is 0 Å². The summed E-state index contributed by atoms with van der Waals surface area (Å²) in [7, 11) is 0. The number of aryl methyl sites for hydroxylation is 2. The molecule has 0 fully saturated rings. The van der Waals surface area contributed by atoms with E-state index in [4.69, 9.17) is 5.73 Å². The summed E-state index contributed by atoms with van der Waals surface area (Å²) in [6, 6.07) is 10.0. The second-order valence-electron chi connectivity index (χ2n) is 6.32. The molecule has 2 aromatic rings. The summed E-state index contributed by atoms with van der Waals surface area (Å²) in [5, 5.41) is 11.3. The van der Waals surface area contributed by atoms with Crippen LogP contribution in [-0.2, 0) is 11.2 Å². The number of fused-ring (bicyclic) bond motifs is 1. The smallest absolute Gasteiger partial charge is 0.283 e. The minimum absolute atomic E-state index is 0.0676. The molecule has 8 heteroatoms. The highest BCUT2D eigenvalue weighted by Crippen LogP contribution is 2.33. The molecule has 0 spiro atoms. The van der Waals surface area contributed by atoms with E-state index in [9.17, 15) is 19.7 Å². The van der Waals surface area contributed by atoms with E-state index in [0.717, 1.165) is 47.5 Å². The largest absolute Gasteiger partial charge is 0.366 e. The third-order valence-corrected chi connectivity index (χ3v) is 5.56. The zero-order valence-corrected chi connectivity index (χ0v) is 15.6. The number of nitrogens with zero attached hydrogens (tertiary/aromatic N) is 2. The first-order chi connectivity index (χ1) is 12.9. The van der Waals surface area contributed by atoms with Gasteiger partial charge in [-0.1, -0.05) is 18.2 Å². The van der Waals surface area contributed by atoms with E-state index in [1.807, 2.05) is 25.1 Å². The highest BCUT2D eigenvalue weighted by atomic mass is 32.2. The third kappa shape index (κ3) is 3.95. The van der Waals surface area contributed by atoms with Gasteiger partial charge in [-0.25, -0.2) is 0 Å². The minimum Gasteiger partial charge on any atom is -0.366 e. The van der Waals surface area contributed by atoms with Crippen molar-refractivity contribution in [3.63, 3.8) is 0 Å². The van der Waals surface area contributed by atoms with Crippen LogP contribution in [-0.4, -0.2) is 29.0 Å². The summed E-state index contributed by atoms with van der Waals surface area (Å²) < 4.78 is 0. The summed E-state index contributed by atoms with van der Waals surface area (Å²) in [6.07, 6.45) is 1.83. The molecule has 0 bridgehead atoms. The lowest BCUT2D eigenvalue weighted by Gasteiger charge is -2.31. The van der Waals surface area contributed by atoms with Gasteiger partial charge in [0.1, 0.15) is 0 Å². The average Bonchev–Trinajstić information content (AvgIpc) is 2.65. The van der Waals surface area contributed by atoms with Crippen molar-refractivity contribution < 1.29 is 14.5 Å². The van der Waals surface area contributed by atoms with Gasteiger partial charge in [-0.2, -0.15) is 0 Å². The van der Waals surface area contributed by atoms with Crippen molar-refractivity contribution in [3.8, 4) is 0 Å². The lowest BCUT2D eigenvalue weighted by atomic mass is 9.98. The predicted molar refractivity (Wildman–Crippen MR) is 104 cm³/mol. The topological polar surface area (TPSA) is 107 Å². The van der Waals surface area contributed by atoms with Crippen LogP contribution >= 0.6 is 11.8 Å². The van der Waals surface area contributed by atoms with Crippen LogP contribution in [0.2, 0.25) is 0 Å². The van der Waals surface area contributed by atoms with E-state index in [2.05, 4.69) is 0 Å². The Kier molecular flexibility index (Phi) is 5.46. The molecule has 0 atom stereocenters. The van der Waals surface area contributed by atoms with Gasteiger partial charge in [0, 0.05) is 23.9 Å². The van der Waals surface area contributed by atoms with Crippen LogP contribution in [0.25, 0.3) is 0 Å². The lowest BCUT2D eigenvalue weighted by molar-refractivity contribution is -0.387. The predicted octanol–water partition coefficient (Wildman–Crippen LogP) is 3.07. The van der Waals surface area contributed by atoms with Gasteiger partial charge in [-0.3, -0.25) is 19.7 Å². The third-order valence-electron chi connectivity index (χ3n) is 4.51. The fraction of sp³-hybridized carbons (Fsp3) is 0.263. The first-order valence-electron chi connectivity index (χ1n) is 8.48. The van der Waals surface area contributed by atoms with Crippen LogP contribution in [0.1, 0.15) is 27.9 Å². The van der Waals surface area contributed by atoms with E-state index in [1.54, 1.807) is 4.90 Å². The Balaban J connectivity index is 1.80. The van der Waals surface area contributed by atoms with Crippen LogP contribution in [0.5, 0.6) is 0 Å². The Hall–Kier alpha value is -2.87. The molecular weight excluding hydrogens is 366 g/mol. The number of para-hydroxylation sites is 1. The van der Waals surface area contributed by atoms with Gasteiger partial charge in [0.05, 0.1) is 15.6 Å². The molecule has 140 valence electrons. The van der Waals surface area contributed by atoms with Gasteiger partial charge in [0.2, 0.25) is 11.8 Å². The first-order valence-corrected chi connectivity index (χ1v) is 9.47. The standard InChI is InChI=1S/C19H19N3O4S/c1-12-4-2-5-13-6-3-9-21(18(12)13)17(23)11-27-16-8-7-14(19(20)24)10-15(16)22(25)26/h2,4-5,7-8,10H,3,6,9,11H2,1H3,(H2,20,24). The van der Waals surface area contributed by atoms with Gasteiger partial charge in [-0.05, 0) is 43.0 Å². The molecule has 1 aliphatic rings. The number of carbonyl (C=O) groups excluding carboxylic acids is 2. The van der Waals surface area contributed by atoms with Crippen molar-refractivity contribution >= 4 is 35.0 Å². The summed E-state index contributed by atoms with van der Waals surface area (Å²) in [5.74, 6) is -0.750. The molecule has 3 rings (SSSR count). The molecule has 0 aliphatic carbocycles. The van der Waals surface area contributed by atoms with Crippen molar-refractivity contribution in [1.29, 1.82) is 0 Å². The van der Waals surface area contributed by atoms with Crippen LogP contribution in [0.15, 0.2) is 41.3 Å². The maximum Gasteiger partial charge on any atom is 0.283 e. The van der Waals surface area contributed by atoms with Crippen molar-refractivity contribution in [2.45, 2.75) is 24.7 Å². The van der Waals surface area contributed by atoms with E-state index < -0.39 is 10.8 Å². The summed E-state index contributed by atoms with van der Waals surface area (Å²) in [5.41, 5.74) is 8.17. The van der Waals surface area contributed by atoms with Crippen molar-refractivity contribution in [3.05, 3.63) is 63.2 Å². The second kappa shape index (κ2) is 7.79. The van der Waals surface area contributed by atoms with E-state index in [-0.39, 0.29) is 22.9 Å². The highest BCUT2D eigenvalue weighted by Gasteiger charge is 2.25. The molecule has 7 nitrogen and oxygen atoms in total. The molecule has 1 aliphatic heterocycles. The Morgan fingerprint density at radius 3 is 2.78 bits per heavy atom. The van der Waals surface area contributed by atoms with Gasteiger partial charge in [-0.15, -0.1) is 11.8 Å². The number of hydrogen-bond donors (Lipinski definition) is 1. The number of benzene rings is 2. The van der Waals surface area contributed by atoms with Gasteiger partial charge in [0.15, 0.2) is 0 Å². The van der Waals surface area contributed by atoms with E-state index >= 15 is 0 Å². The normalized spacial score (nSPS) is 13.1. The molecule has 0 aromatic heterocycles. The fourth-order valence-corrected chi connectivity index (χ4v) is 4.13. The number of amides is 2. The summed E-state index contributed by atoms with van der Waals surface area (Å²) >= 11 is 1.09. The maximum absolute atomic E-state index is 12.8. The number of rotatable bonds is 5.